The number of amides is 1. The molecule has 0 saturated carbocycles. The molecule has 0 aliphatic carbocycles. The second-order valence-electron chi connectivity index (χ2n) is 7.67. The molecule has 1 aliphatic heterocycles. The number of benzene rings is 2. The summed E-state index contributed by atoms with van der Waals surface area (Å²) in [6.45, 7) is 2.96. The van der Waals surface area contributed by atoms with Crippen molar-refractivity contribution in [3.8, 4) is 11.1 Å². The summed E-state index contributed by atoms with van der Waals surface area (Å²) in [4.78, 5) is 18.7. The zero-order chi connectivity index (χ0) is 22.0. The molecule has 0 fully saturated rings. The molecule has 0 radical (unpaired) electrons. The van der Waals surface area contributed by atoms with Gasteiger partial charge in [0.05, 0.1) is 5.56 Å². The van der Waals surface area contributed by atoms with Gasteiger partial charge in [0, 0.05) is 31.2 Å². The third kappa shape index (κ3) is 4.71. The van der Waals surface area contributed by atoms with Gasteiger partial charge >= 0.3 is 6.18 Å². The molecule has 160 valence electrons. The van der Waals surface area contributed by atoms with Crippen LogP contribution < -0.4 is 5.32 Å². The molecule has 0 saturated heterocycles. The lowest BCUT2D eigenvalue weighted by atomic mass is 9.94. The Morgan fingerprint density at radius 3 is 2.35 bits per heavy atom. The van der Waals surface area contributed by atoms with E-state index in [1.165, 1.54) is 12.1 Å². The van der Waals surface area contributed by atoms with Crippen molar-refractivity contribution in [3.63, 3.8) is 0 Å². The molecule has 0 bridgehead atoms. The highest BCUT2D eigenvalue weighted by Gasteiger charge is 2.30. The molecule has 0 spiro atoms. The summed E-state index contributed by atoms with van der Waals surface area (Å²) in [6.07, 6.45) is -0.291. The number of nitrogens with zero attached hydrogens (tertiary/aromatic N) is 2. The predicted molar refractivity (Wildman–Crippen MR) is 113 cm³/mol. The maximum absolute atomic E-state index is 12.9. The summed E-state index contributed by atoms with van der Waals surface area (Å²) in [5, 5.41) is 3.20. The van der Waals surface area contributed by atoms with Crippen molar-refractivity contribution in [2.75, 3.05) is 11.9 Å². The van der Waals surface area contributed by atoms with Crippen LogP contribution in [0.2, 0.25) is 0 Å². The third-order valence-electron chi connectivity index (χ3n) is 5.51. The second kappa shape index (κ2) is 8.41. The van der Waals surface area contributed by atoms with Crippen molar-refractivity contribution in [1.29, 1.82) is 0 Å². The van der Waals surface area contributed by atoms with Crippen LogP contribution in [0.4, 0.5) is 18.9 Å². The van der Waals surface area contributed by atoms with Crippen molar-refractivity contribution in [1.82, 2.24) is 9.88 Å². The molecule has 4 nitrogen and oxygen atoms in total. The molecule has 0 unspecified atom stereocenters. The molecule has 1 atom stereocenters. The number of hydrogen-bond donors (Lipinski definition) is 1. The number of carbonyl (C=O) groups is 1. The van der Waals surface area contributed by atoms with Crippen LogP contribution in [-0.4, -0.2) is 28.4 Å². The van der Waals surface area contributed by atoms with Crippen LogP contribution in [0.3, 0.4) is 0 Å². The molecule has 4 rings (SSSR count). The summed E-state index contributed by atoms with van der Waals surface area (Å²) in [5.74, 6) is 0.0225. The van der Waals surface area contributed by atoms with Gasteiger partial charge in [-0.15, -0.1) is 0 Å². The molecule has 1 aliphatic rings. The number of alkyl halides is 3. The standard InChI is InChI=1S/C24H22F3N3O/c1-16(29-22-8-11-28-12-9-22)23(31)30-13-10-19-14-18(2-3-20(19)15-30)17-4-6-21(7-5-17)24(25,26)27/h2-9,11-12,14,16H,10,13,15H2,1H3,(H,28,29)/t16-/m0/s1. The number of halogens is 3. The van der Waals surface area contributed by atoms with E-state index < -0.39 is 11.7 Å². The van der Waals surface area contributed by atoms with E-state index >= 15 is 0 Å². The maximum Gasteiger partial charge on any atom is 0.416 e. The minimum Gasteiger partial charge on any atom is -0.374 e. The number of nitrogens with one attached hydrogen (secondary N) is 1. The van der Waals surface area contributed by atoms with Crippen LogP contribution in [0.15, 0.2) is 67.0 Å². The molecular formula is C24H22F3N3O. The van der Waals surface area contributed by atoms with Crippen LogP contribution in [0.5, 0.6) is 0 Å². The Morgan fingerprint density at radius 1 is 1.00 bits per heavy atom. The average Bonchev–Trinajstić information content (AvgIpc) is 2.78. The topological polar surface area (TPSA) is 45.2 Å². The lowest BCUT2D eigenvalue weighted by Crippen LogP contribution is -2.43. The van der Waals surface area contributed by atoms with Crippen LogP contribution in [0.1, 0.15) is 23.6 Å². The smallest absolute Gasteiger partial charge is 0.374 e. The first kappa shape index (κ1) is 20.9. The lowest BCUT2D eigenvalue weighted by Gasteiger charge is -2.31. The fourth-order valence-corrected chi connectivity index (χ4v) is 3.81. The van der Waals surface area contributed by atoms with E-state index in [4.69, 9.17) is 0 Å². The van der Waals surface area contributed by atoms with Gasteiger partial charge in [0.2, 0.25) is 5.91 Å². The average molecular weight is 425 g/mol. The third-order valence-corrected chi connectivity index (χ3v) is 5.51. The van der Waals surface area contributed by atoms with Crippen molar-refractivity contribution >= 4 is 11.6 Å². The lowest BCUT2D eigenvalue weighted by molar-refractivity contribution is -0.137. The van der Waals surface area contributed by atoms with Gasteiger partial charge in [0.25, 0.3) is 0 Å². The first-order valence-electron chi connectivity index (χ1n) is 10.1. The highest BCUT2D eigenvalue weighted by Crippen LogP contribution is 2.32. The molecule has 1 N–H and O–H groups in total. The first-order valence-corrected chi connectivity index (χ1v) is 10.1. The van der Waals surface area contributed by atoms with Gasteiger partial charge < -0.3 is 10.2 Å². The Bertz CT molecular complexity index is 1070. The van der Waals surface area contributed by atoms with Crippen molar-refractivity contribution in [2.45, 2.75) is 32.1 Å². The zero-order valence-corrected chi connectivity index (χ0v) is 17.0. The van der Waals surface area contributed by atoms with Crippen LogP contribution >= 0.6 is 0 Å². The molecule has 1 aromatic heterocycles. The predicted octanol–water partition coefficient (Wildman–Crippen LogP) is 5.15. The number of pyridine rings is 1. The number of fused-ring (bicyclic) bond motifs is 1. The molecule has 1 amide bonds. The van der Waals surface area contributed by atoms with Gasteiger partial charge in [-0.05, 0) is 59.9 Å². The quantitative estimate of drug-likeness (QED) is 0.629. The van der Waals surface area contributed by atoms with E-state index in [1.807, 2.05) is 42.2 Å². The Balaban J connectivity index is 1.45. The number of hydrogen-bond acceptors (Lipinski definition) is 3. The van der Waals surface area contributed by atoms with Crippen molar-refractivity contribution < 1.29 is 18.0 Å². The summed E-state index contributed by atoms with van der Waals surface area (Å²) in [7, 11) is 0. The minimum absolute atomic E-state index is 0.0225. The van der Waals surface area contributed by atoms with E-state index in [2.05, 4.69) is 10.3 Å². The Kier molecular flexibility index (Phi) is 5.67. The number of anilines is 1. The largest absolute Gasteiger partial charge is 0.416 e. The number of rotatable bonds is 4. The van der Waals surface area contributed by atoms with E-state index in [9.17, 15) is 18.0 Å². The molecular weight excluding hydrogens is 403 g/mol. The fourth-order valence-electron chi connectivity index (χ4n) is 3.81. The highest BCUT2D eigenvalue weighted by atomic mass is 19.4. The van der Waals surface area contributed by atoms with Crippen LogP contribution in [-0.2, 0) is 23.9 Å². The fraction of sp³-hybridized carbons (Fsp3) is 0.250. The Morgan fingerprint density at radius 2 is 1.68 bits per heavy atom. The highest BCUT2D eigenvalue weighted by molar-refractivity contribution is 5.84. The Hall–Kier alpha value is -3.35. The van der Waals surface area contributed by atoms with Crippen molar-refractivity contribution in [3.05, 3.63) is 83.7 Å². The monoisotopic (exact) mass is 425 g/mol. The first-order chi connectivity index (χ1) is 14.8. The number of aromatic nitrogens is 1. The molecule has 2 aromatic carbocycles. The van der Waals surface area contributed by atoms with E-state index in [1.54, 1.807) is 12.4 Å². The minimum atomic E-state index is -4.34. The Labute approximate surface area is 178 Å². The van der Waals surface area contributed by atoms with E-state index in [0.29, 0.717) is 19.5 Å². The number of carbonyl (C=O) groups excluding carboxylic acids is 1. The molecule has 7 heteroatoms. The second-order valence-corrected chi connectivity index (χ2v) is 7.67. The summed E-state index contributed by atoms with van der Waals surface area (Å²) in [5.41, 5.74) is 3.99. The molecule has 2 heterocycles. The summed E-state index contributed by atoms with van der Waals surface area (Å²) >= 11 is 0. The maximum atomic E-state index is 12.9. The van der Waals surface area contributed by atoms with Gasteiger partial charge in [0.15, 0.2) is 0 Å². The normalized spacial score (nSPS) is 14.6. The molecule has 31 heavy (non-hydrogen) atoms. The summed E-state index contributed by atoms with van der Waals surface area (Å²) < 4.78 is 38.4. The van der Waals surface area contributed by atoms with Crippen LogP contribution in [0.25, 0.3) is 11.1 Å². The van der Waals surface area contributed by atoms with E-state index in [0.717, 1.165) is 40.1 Å². The van der Waals surface area contributed by atoms with E-state index in [-0.39, 0.29) is 11.9 Å². The SMILES string of the molecule is C[C@H](Nc1ccncc1)C(=O)N1CCc2cc(-c3ccc(C(F)(F)F)cc3)ccc2C1. The van der Waals surface area contributed by atoms with Crippen LogP contribution in [0, 0.1) is 0 Å². The van der Waals surface area contributed by atoms with Crippen molar-refractivity contribution in [2.24, 2.45) is 0 Å². The van der Waals surface area contributed by atoms with Gasteiger partial charge in [0.1, 0.15) is 6.04 Å². The summed E-state index contributed by atoms with van der Waals surface area (Å²) in [6, 6.07) is 14.3. The molecule has 3 aromatic rings. The zero-order valence-electron chi connectivity index (χ0n) is 17.0. The van der Waals surface area contributed by atoms with Gasteiger partial charge in [-0.25, -0.2) is 0 Å². The van der Waals surface area contributed by atoms with Gasteiger partial charge in [-0.2, -0.15) is 13.2 Å². The van der Waals surface area contributed by atoms with Gasteiger partial charge in [-0.1, -0.05) is 30.3 Å². The van der Waals surface area contributed by atoms with Gasteiger partial charge in [-0.3, -0.25) is 9.78 Å².